The van der Waals surface area contributed by atoms with Crippen molar-refractivity contribution in [2.45, 2.75) is 18.2 Å². The minimum absolute atomic E-state index is 0.0600. The zero-order valence-electron chi connectivity index (χ0n) is 10.1. The maximum absolute atomic E-state index is 12.0. The van der Waals surface area contributed by atoms with Crippen LogP contribution in [0.5, 0.6) is 0 Å². The molecule has 0 aliphatic carbocycles. The molecule has 0 radical (unpaired) electrons. The van der Waals surface area contributed by atoms with Crippen LogP contribution in [-0.4, -0.2) is 34.7 Å². The molecule has 0 aromatic carbocycles. The third-order valence-corrected chi connectivity index (χ3v) is 4.09. The lowest BCUT2D eigenvalue weighted by molar-refractivity contribution is 0.600. The van der Waals surface area contributed by atoms with Gasteiger partial charge in [-0.05, 0) is 23.8 Å². The number of nitrogens with one attached hydrogen (secondary N) is 2. The van der Waals surface area contributed by atoms with Gasteiger partial charge in [0.05, 0.1) is 0 Å². The number of hydrogen-bond acceptors (Lipinski definition) is 8. The van der Waals surface area contributed by atoms with Crippen LogP contribution in [0.4, 0.5) is 10.9 Å². The van der Waals surface area contributed by atoms with Gasteiger partial charge in [0.15, 0.2) is 0 Å². The van der Waals surface area contributed by atoms with Gasteiger partial charge >= 0.3 is 0 Å². The van der Waals surface area contributed by atoms with Crippen LogP contribution in [0.1, 0.15) is 13.3 Å². The van der Waals surface area contributed by atoms with E-state index in [1.54, 1.807) is 6.07 Å². The normalized spacial score (nSPS) is 11.2. The fraction of sp³-hybridized carbons (Fsp3) is 0.333. The lowest BCUT2D eigenvalue weighted by atomic mass is 10.4. The van der Waals surface area contributed by atoms with Gasteiger partial charge in [0, 0.05) is 24.3 Å². The molecule has 0 aliphatic rings. The van der Waals surface area contributed by atoms with Gasteiger partial charge < -0.3 is 5.32 Å². The third-order valence-electron chi connectivity index (χ3n) is 2.12. The molecule has 102 valence electrons. The van der Waals surface area contributed by atoms with Crippen LogP contribution in [-0.2, 0) is 10.0 Å². The predicted molar refractivity (Wildman–Crippen MR) is 71.5 cm³/mol. The minimum Gasteiger partial charge on any atom is -0.370 e. The number of nitrogens with zero attached hydrogens (tertiary/aromatic N) is 4. The van der Waals surface area contributed by atoms with E-state index >= 15 is 0 Å². The average molecular weight is 300 g/mol. The summed E-state index contributed by atoms with van der Waals surface area (Å²) in [6, 6.07) is 3.09. The highest BCUT2D eigenvalue weighted by Gasteiger charge is 2.16. The summed E-state index contributed by atoms with van der Waals surface area (Å²) in [7, 11) is -3.69. The summed E-state index contributed by atoms with van der Waals surface area (Å²) < 4.78 is 29.7. The smallest absolute Gasteiger partial charge is 0.265 e. The summed E-state index contributed by atoms with van der Waals surface area (Å²) in [5, 5.41) is 10.0. The number of aromatic nitrogens is 4. The molecule has 0 bridgehead atoms. The molecule has 19 heavy (non-hydrogen) atoms. The van der Waals surface area contributed by atoms with Crippen LogP contribution >= 0.6 is 11.5 Å². The largest absolute Gasteiger partial charge is 0.370 e. The van der Waals surface area contributed by atoms with Crippen molar-refractivity contribution >= 4 is 32.5 Å². The number of sulfonamides is 1. The van der Waals surface area contributed by atoms with E-state index in [4.69, 9.17) is 0 Å². The Kier molecular flexibility index (Phi) is 4.22. The Balaban J connectivity index is 2.12. The van der Waals surface area contributed by atoms with Gasteiger partial charge in [-0.3, -0.25) is 4.72 Å². The van der Waals surface area contributed by atoms with E-state index < -0.39 is 10.0 Å². The zero-order chi connectivity index (χ0) is 13.7. The van der Waals surface area contributed by atoms with Crippen molar-refractivity contribution in [3.8, 4) is 0 Å². The fourth-order valence-corrected chi connectivity index (χ4v) is 2.77. The molecular formula is C9H12N6O2S2. The van der Waals surface area contributed by atoms with Crippen molar-refractivity contribution in [3.05, 3.63) is 18.3 Å². The first kappa shape index (κ1) is 13.6. The Labute approximate surface area is 114 Å². The molecule has 10 heteroatoms. The van der Waals surface area contributed by atoms with Crippen molar-refractivity contribution in [3.63, 3.8) is 0 Å². The van der Waals surface area contributed by atoms with E-state index in [0.717, 1.165) is 24.5 Å². The second-order valence-electron chi connectivity index (χ2n) is 3.58. The second-order valence-corrected chi connectivity index (χ2v) is 5.99. The first-order valence-electron chi connectivity index (χ1n) is 5.49. The monoisotopic (exact) mass is 300 g/mol. The van der Waals surface area contributed by atoms with Crippen molar-refractivity contribution in [2.75, 3.05) is 16.6 Å². The van der Waals surface area contributed by atoms with Gasteiger partial charge in [-0.2, -0.15) is 0 Å². The molecule has 8 nitrogen and oxygen atoms in total. The Morgan fingerprint density at radius 1 is 1.37 bits per heavy atom. The average Bonchev–Trinajstić information content (AvgIpc) is 2.89. The van der Waals surface area contributed by atoms with Crippen molar-refractivity contribution in [1.82, 2.24) is 19.8 Å². The SMILES string of the molecule is CCCNc1ccc(S(=O)(=O)Nc2nnns2)cn1. The molecule has 0 saturated carbocycles. The molecule has 2 aromatic heterocycles. The van der Waals surface area contributed by atoms with Crippen LogP contribution in [0.15, 0.2) is 23.2 Å². The van der Waals surface area contributed by atoms with Crippen molar-refractivity contribution < 1.29 is 8.42 Å². The Hall–Kier alpha value is -1.81. The summed E-state index contributed by atoms with van der Waals surface area (Å²) in [6.07, 6.45) is 2.25. The Morgan fingerprint density at radius 3 is 2.79 bits per heavy atom. The summed E-state index contributed by atoms with van der Waals surface area (Å²) >= 11 is 0.863. The molecule has 0 saturated heterocycles. The first-order valence-corrected chi connectivity index (χ1v) is 7.75. The van der Waals surface area contributed by atoms with Gasteiger partial charge in [0.2, 0.25) is 5.13 Å². The van der Waals surface area contributed by atoms with E-state index in [1.807, 2.05) is 6.92 Å². The van der Waals surface area contributed by atoms with Crippen molar-refractivity contribution in [1.29, 1.82) is 0 Å². The van der Waals surface area contributed by atoms with Crippen molar-refractivity contribution in [2.24, 2.45) is 0 Å². The topological polar surface area (TPSA) is 110 Å². The van der Waals surface area contributed by atoms with Gasteiger partial charge in [-0.1, -0.05) is 16.5 Å². The van der Waals surface area contributed by atoms with Gasteiger partial charge in [0.1, 0.15) is 10.7 Å². The molecule has 0 atom stereocenters. The van der Waals surface area contributed by atoms with E-state index in [0.29, 0.717) is 5.82 Å². The molecule has 2 rings (SSSR count). The van der Waals surface area contributed by atoms with Gasteiger partial charge in [-0.15, -0.1) is 0 Å². The van der Waals surface area contributed by atoms with Crippen LogP contribution in [0.2, 0.25) is 0 Å². The van der Waals surface area contributed by atoms with Crippen LogP contribution in [0.25, 0.3) is 0 Å². The van der Waals surface area contributed by atoms with Gasteiger partial charge in [0.25, 0.3) is 10.0 Å². The zero-order valence-corrected chi connectivity index (χ0v) is 11.7. The minimum atomic E-state index is -3.69. The van der Waals surface area contributed by atoms with Crippen LogP contribution < -0.4 is 10.0 Å². The molecule has 2 aromatic rings. The van der Waals surface area contributed by atoms with E-state index in [2.05, 4.69) is 29.8 Å². The maximum atomic E-state index is 12.0. The molecule has 0 spiro atoms. The lowest BCUT2D eigenvalue weighted by Crippen LogP contribution is -2.13. The third kappa shape index (κ3) is 3.58. The highest BCUT2D eigenvalue weighted by molar-refractivity contribution is 7.92. The Bertz CT molecular complexity index is 611. The summed E-state index contributed by atoms with van der Waals surface area (Å²) in [6.45, 7) is 2.82. The fourth-order valence-electron chi connectivity index (χ4n) is 1.24. The standard InChI is InChI=1S/C9H12N6O2S2/c1-2-5-10-8-4-3-7(6-11-8)19(16,17)13-9-12-14-15-18-9/h3-4,6H,2,5H2,1H3,(H,10,11)(H,12,13,15). The molecule has 2 N–H and O–H groups in total. The second kappa shape index (κ2) is 5.89. The summed E-state index contributed by atoms with van der Waals surface area (Å²) in [5.74, 6) is 0.637. The molecule has 0 amide bonds. The van der Waals surface area contributed by atoms with E-state index in [1.165, 1.54) is 12.3 Å². The quantitative estimate of drug-likeness (QED) is 0.817. The van der Waals surface area contributed by atoms with Crippen LogP contribution in [0.3, 0.4) is 0 Å². The summed E-state index contributed by atoms with van der Waals surface area (Å²) in [5.41, 5.74) is 0. The molecule has 2 heterocycles. The predicted octanol–water partition coefficient (Wildman–Crippen LogP) is 0.951. The molecule has 0 aliphatic heterocycles. The highest BCUT2D eigenvalue weighted by Crippen LogP contribution is 2.16. The molecule has 0 unspecified atom stereocenters. The summed E-state index contributed by atoms with van der Waals surface area (Å²) in [4.78, 5) is 4.09. The van der Waals surface area contributed by atoms with E-state index in [-0.39, 0.29) is 10.0 Å². The Morgan fingerprint density at radius 2 is 2.21 bits per heavy atom. The highest BCUT2D eigenvalue weighted by atomic mass is 32.2. The first-order chi connectivity index (χ1) is 9.12. The molecular weight excluding hydrogens is 288 g/mol. The molecule has 0 fully saturated rings. The number of anilines is 2. The van der Waals surface area contributed by atoms with Gasteiger partial charge in [-0.25, -0.2) is 13.4 Å². The van der Waals surface area contributed by atoms with Crippen LogP contribution in [0, 0.1) is 0 Å². The lowest BCUT2D eigenvalue weighted by Gasteiger charge is -2.06. The number of rotatable bonds is 6. The number of pyridine rings is 1. The number of hydrogen-bond donors (Lipinski definition) is 2. The van der Waals surface area contributed by atoms with E-state index in [9.17, 15) is 8.42 Å². The maximum Gasteiger partial charge on any atom is 0.265 e.